The van der Waals surface area contributed by atoms with Crippen LogP contribution in [0.4, 0.5) is 0 Å². The van der Waals surface area contributed by atoms with Gasteiger partial charge in [0.25, 0.3) is 0 Å². The fourth-order valence-electron chi connectivity index (χ4n) is 2.74. The molecule has 0 atom stereocenters. The van der Waals surface area contributed by atoms with E-state index in [1.54, 1.807) is 36.6 Å². The number of nitrogens with zero attached hydrogens (tertiary/aromatic N) is 1. The number of rotatable bonds is 3. The molecule has 0 saturated carbocycles. The Morgan fingerprint density at radius 3 is 1.95 bits per heavy atom. The quantitative estimate of drug-likeness (QED) is 0.853. The molecule has 0 aliphatic carbocycles. The van der Waals surface area contributed by atoms with Crippen LogP contribution in [-0.4, -0.2) is 21.2 Å². The molecule has 0 unspecified atom stereocenters. The Morgan fingerprint density at radius 2 is 1.52 bits per heavy atom. The van der Waals surface area contributed by atoms with Crippen LogP contribution in [0.25, 0.3) is 5.69 Å². The van der Waals surface area contributed by atoms with Gasteiger partial charge in [-0.2, -0.15) is 0 Å². The average Bonchev–Trinajstić information content (AvgIpc) is 2.64. The number of Topliss-reactive ketones (excluding diaryl/α,β-unsaturated/α-hetero) is 2. The van der Waals surface area contributed by atoms with Gasteiger partial charge in [-0.25, -0.2) is 0 Å². The van der Waals surface area contributed by atoms with Crippen LogP contribution in [0.2, 0.25) is 0 Å². The van der Waals surface area contributed by atoms with Crippen LogP contribution >= 0.6 is 15.9 Å². The van der Waals surface area contributed by atoms with Crippen LogP contribution in [0.1, 0.15) is 46.0 Å². The van der Waals surface area contributed by atoms with Crippen LogP contribution < -0.4 is 0 Å². The zero-order valence-corrected chi connectivity index (χ0v) is 13.9. The zero-order chi connectivity index (χ0) is 15.9. The molecule has 1 aromatic carbocycles. The van der Waals surface area contributed by atoms with Crippen molar-refractivity contribution in [3.63, 3.8) is 0 Å². The highest BCUT2D eigenvalue weighted by molar-refractivity contribution is 9.10. The summed E-state index contributed by atoms with van der Waals surface area (Å²) in [6, 6.07) is 5.05. The molecule has 0 radical (unpaired) electrons. The van der Waals surface area contributed by atoms with Crippen LogP contribution in [0.3, 0.4) is 0 Å². The van der Waals surface area contributed by atoms with Crippen LogP contribution in [0.15, 0.2) is 22.7 Å². The topological polar surface area (TPSA) is 59.3 Å². The van der Waals surface area contributed by atoms with Gasteiger partial charge in [-0.15, -0.1) is 0 Å². The molecule has 5 heteroatoms. The first-order chi connectivity index (χ1) is 9.75. The number of hydrogen-bond acceptors (Lipinski definition) is 3. The molecule has 0 amide bonds. The Morgan fingerprint density at radius 1 is 1.05 bits per heavy atom. The first-order valence-corrected chi connectivity index (χ1v) is 7.27. The number of benzene rings is 1. The van der Waals surface area contributed by atoms with Crippen molar-refractivity contribution in [2.45, 2.75) is 27.7 Å². The molecular weight excluding hydrogens is 334 g/mol. The summed E-state index contributed by atoms with van der Waals surface area (Å²) in [6.45, 7) is 6.44. The highest BCUT2D eigenvalue weighted by atomic mass is 79.9. The van der Waals surface area contributed by atoms with Crippen LogP contribution in [-0.2, 0) is 0 Å². The Bertz CT molecular complexity index is 722. The second-order valence-corrected chi connectivity index (χ2v) is 5.92. The van der Waals surface area contributed by atoms with E-state index in [1.807, 2.05) is 0 Å². The lowest BCUT2D eigenvalue weighted by Crippen LogP contribution is -2.02. The minimum absolute atomic E-state index is 0.0876. The van der Waals surface area contributed by atoms with E-state index in [1.165, 1.54) is 13.8 Å². The van der Waals surface area contributed by atoms with Crippen molar-refractivity contribution in [2.24, 2.45) is 0 Å². The Labute approximate surface area is 131 Å². The minimum atomic E-state index is -0.158. The molecule has 0 aliphatic heterocycles. The molecule has 0 saturated heterocycles. The van der Waals surface area contributed by atoms with Crippen molar-refractivity contribution in [2.75, 3.05) is 0 Å². The smallest absolute Gasteiger partial charge is 0.162 e. The van der Waals surface area contributed by atoms with Crippen molar-refractivity contribution in [1.82, 2.24) is 4.57 Å². The maximum absolute atomic E-state index is 11.9. The molecule has 110 valence electrons. The fraction of sp³-hybridized carbons (Fsp3) is 0.250. The number of aromatic hydroxyl groups is 1. The molecule has 21 heavy (non-hydrogen) atoms. The summed E-state index contributed by atoms with van der Waals surface area (Å²) in [5.41, 5.74) is 2.67. The van der Waals surface area contributed by atoms with Gasteiger partial charge >= 0.3 is 0 Å². The summed E-state index contributed by atoms with van der Waals surface area (Å²) in [5.74, 6) is -0.229. The number of halogens is 1. The summed E-state index contributed by atoms with van der Waals surface area (Å²) in [4.78, 5) is 23.8. The van der Waals surface area contributed by atoms with Crippen molar-refractivity contribution in [3.05, 3.63) is 45.2 Å². The average molecular weight is 350 g/mol. The number of phenolic OH excluding ortho intramolecular Hbond substituents is 1. The first kappa shape index (κ1) is 15.5. The number of ketones is 2. The molecule has 1 aromatic heterocycles. The lowest BCUT2D eigenvalue weighted by atomic mass is 10.0. The maximum atomic E-state index is 11.9. The van der Waals surface area contributed by atoms with Gasteiger partial charge < -0.3 is 9.67 Å². The lowest BCUT2D eigenvalue weighted by Gasteiger charge is -2.12. The molecule has 0 fully saturated rings. The summed E-state index contributed by atoms with van der Waals surface area (Å²) < 4.78 is 2.55. The summed E-state index contributed by atoms with van der Waals surface area (Å²) >= 11 is 3.37. The third-order valence-corrected chi connectivity index (χ3v) is 4.02. The number of carbonyl (C=O) groups excluding carboxylic acids is 2. The van der Waals surface area contributed by atoms with Gasteiger partial charge in [-0.3, -0.25) is 9.59 Å². The van der Waals surface area contributed by atoms with Crippen LogP contribution in [0.5, 0.6) is 5.75 Å². The van der Waals surface area contributed by atoms with Crippen LogP contribution in [0, 0.1) is 13.8 Å². The van der Waals surface area contributed by atoms with E-state index in [-0.39, 0.29) is 17.3 Å². The van der Waals surface area contributed by atoms with Gasteiger partial charge in [0.05, 0.1) is 5.69 Å². The summed E-state index contributed by atoms with van der Waals surface area (Å²) in [6.07, 6.45) is 0. The molecule has 2 aromatic rings. The van der Waals surface area contributed by atoms with Gasteiger partial charge in [0, 0.05) is 27.0 Å². The second kappa shape index (κ2) is 5.48. The minimum Gasteiger partial charge on any atom is -0.506 e. The van der Waals surface area contributed by atoms with E-state index in [0.29, 0.717) is 28.2 Å². The van der Waals surface area contributed by atoms with Gasteiger partial charge in [0.15, 0.2) is 11.6 Å². The van der Waals surface area contributed by atoms with E-state index in [9.17, 15) is 14.7 Å². The molecule has 0 spiro atoms. The number of hydrogen-bond donors (Lipinski definition) is 1. The van der Waals surface area contributed by atoms with E-state index >= 15 is 0 Å². The van der Waals surface area contributed by atoms with Gasteiger partial charge in [-0.05, 0) is 45.9 Å². The molecule has 2 rings (SSSR count). The molecular formula is C16H16BrNO3. The van der Waals surface area contributed by atoms with Gasteiger partial charge in [-0.1, -0.05) is 15.9 Å². The van der Waals surface area contributed by atoms with Crippen molar-refractivity contribution >= 4 is 27.5 Å². The van der Waals surface area contributed by atoms with E-state index in [0.717, 1.165) is 4.47 Å². The second-order valence-electron chi connectivity index (χ2n) is 5.00. The Kier molecular flexibility index (Phi) is 4.05. The highest BCUT2D eigenvalue weighted by Gasteiger charge is 2.25. The summed E-state index contributed by atoms with van der Waals surface area (Å²) in [7, 11) is 0. The van der Waals surface area contributed by atoms with Gasteiger partial charge in [0.2, 0.25) is 0 Å². The first-order valence-electron chi connectivity index (χ1n) is 6.48. The third-order valence-electron chi connectivity index (χ3n) is 3.53. The molecule has 0 aliphatic rings. The standard InChI is InChI=1S/C16H16BrNO3/c1-8-15(10(3)19)16(11(4)20)9(2)18(8)13-7-12(17)5-6-14(13)21/h5-7,21H,1-4H3. The van der Waals surface area contributed by atoms with E-state index in [4.69, 9.17) is 0 Å². The number of carbonyl (C=O) groups is 2. The number of aromatic nitrogens is 1. The number of phenols is 1. The molecule has 1 heterocycles. The predicted octanol–water partition coefficient (Wildman–Crippen LogP) is 3.97. The van der Waals surface area contributed by atoms with Gasteiger partial charge in [0.1, 0.15) is 5.75 Å². The summed E-state index contributed by atoms with van der Waals surface area (Å²) in [5, 5.41) is 10.1. The molecule has 1 N–H and O–H groups in total. The zero-order valence-electron chi connectivity index (χ0n) is 12.3. The van der Waals surface area contributed by atoms with E-state index < -0.39 is 0 Å². The Hall–Kier alpha value is -1.88. The van der Waals surface area contributed by atoms with E-state index in [2.05, 4.69) is 15.9 Å². The maximum Gasteiger partial charge on any atom is 0.162 e. The lowest BCUT2D eigenvalue weighted by molar-refractivity contribution is 0.0981. The monoisotopic (exact) mass is 349 g/mol. The Balaban J connectivity index is 2.88. The van der Waals surface area contributed by atoms with Crippen molar-refractivity contribution in [1.29, 1.82) is 0 Å². The third kappa shape index (κ3) is 2.53. The normalized spacial score (nSPS) is 10.7. The fourth-order valence-corrected chi connectivity index (χ4v) is 3.08. The SMILES string of the molecule is CC(=O)c1c(C(C)=O)c(C)n(-c2cc(Br)ccc2O)c1C. The van der Waals surface area contributed by atoms with Crippen molar-refractivity contribution in [3.8, 4) is 11.4 Å². The molecule has 4 nitrogen and oxygen atoms in total. The predicted molar refractivity (Wildman–Crippen MR) is 84.6 cm³/mol. The highest BCUT2D eigenvalue weighted by Crippen LogP contribution is 2.32. The largest absolute Gasteiger partial charge is 0.506 e. The molecule has 0 bridgehead atoms. The van der Waals surface area contributed by atoms with Crippen molar-refractivity contribution < 1.29 is 14.7 Å².